The second-order valence-electron chi connectivity index (χ2n) is 7.57. The third kappa shape index (κ3) is 5.89. The third-order valence-corrected chi connectivity index (χ3v) is 6.52. The van der Waals surface area contributed by atoms with Gasteiger partial charge < -0.3 is 10.1 Å². The molecule has 0 spiro atoms. The fraction of sp³-hybridized carbons (Fsp3) is 0.700. The number of nitrogens with one attached hydrogen (secondary N) is 1. The molecule has 1 amide bonds. The minimum atomic E-state index is 0.151. The van der Waals surface area contributed by atoms with E-state index in [4.69, 9.17) is 4.74 Å². The molecule has 0 bridgehead atoms. The lowest BCUT2D eigenvalue weighted by molar-refractivity contribution is -0.122. The molecule has 0 radical (unpaired) electrons. The Balaban J connectivity index is 1.30. The van der Waals surface area contributed by atoms with Crippen LogP contribution in [0.25, 0.3) is 0 Å². The summed E-state index contributed by atoms with van der Waals surface area (Å²) in [5, 5.41) is 5.11. The molecule has 1 unspecified atom stereocenters. The largest absolute Gasteiger partial charge is 0.376 e. The minimum Gasteiger partial charge on any atom is -0.376 e. The molecular weight excluding hydrogens is 348 g/mol. The summed E-state index contributed by atoms with van der Waals surface area (Å²) in [6.45, 7) is 6.21. The zero-order chi connectivity index (χ0) is 18.4. The molecule has 1 aromatic heterocycles. The Morgan fingerprint density at radius 1 is 1.31 bits per heavy atom. The van der Waals surface area contributed by atoms with Crippen LogP contribution < -0.4 is 5.32 Å². The van der Waals surface area contributed by atoms with Crippen LogP contribution >= 0.6 is 11.3 Å². The van der Waals surface area contributed by atoms with Gasteiger partial charge in [0.15, 0.2) is 5.78 Å². The first kappa shape index (κ1) is 19.5. The monoisotopic (exact) mass is 378 g/mol. The van der Waals surface area contributed by atoms with E-state index in [1.807, 2.05) is 6.07 Å². The summed E-state index contributed by atoms with van der Waals surface area (Å²) in [5.41, 5.74) is 1.24. The van der Waals surface area contributed by atoms with E-state index in [9.17, 15) is 9.59 Å². The van der Waals surface area contributed by atoms with E-state index < -0.39 is 0 Å². The van der Waals surface area contributed by atoms with E-state index in [1.165, 1.54) is 5.56 Å². The van der Waals surface area contributed by atoms with Gasteiger partial charge in [0, 0.05) is 26.1 Å². The molecular formula is C20H30N2O3S. The van der Waals surface area contributed by atoms with E-state index in [2.05, 4.69) is 15.6 Å². The van der Waals surface area contributed by atoms with Crippen molar-refractivity contribution >= 4 is 23.0 Å². The Hall–Kier alpha value is -1.24. The molecule has 6 heteroatoms. The van der Waals surface area contributed by atoms with Crippen molar-refractivity contribution in [2.75, 3.05) is 26.2 Å². The van der Waals surface area contributed by atoms with Crippen molar-refractivity contribution in [3.05, 3.63) is 21.9 Å². The van der Waals surface area contributed by atoms with Gasteiger partial charge in [0.25, 0.3) is 0 Å². The number of Topliss-reactive ketones (excluding diaryl/α,β-unsaturated/α-hetero) is 1. The third-order valence-electron chi connectivity index (χ3n) is 5.44. The second-order valence-corrected chi connectivity index (χ2v) is 8.48. The Bertz CT molecular complexity index is 602. The maximum atomic E-state index is 12.0. The van der Waals surface area contributed by atoms with Crippen LogP contribution in [-0.2, 0) is 16.1 Å². The molecule has 5 nitrogen and oxygen atoms in total. The summed E-state index contributed by atoms with van der Waals surface area (Å²) in [4.78, 5) is 26.7. The molecule has 1 atom stereocenters. The van der Waals surface area contributed by atoms with Gasteiger partial charge in [-0.15, -0.1) is 11.3 Å². The second kappa shape index (κ2) is 9.62. The number of rotatable bonds is 8. The maximum Gasteiger partial charge on any atom is 0.220 e. The summed E-state index contributed by atoms with van der Waals surface area (Å²) in [5.74, 6) is 0.964. The predicted octanol–water partition coefficient (Wildman–Crippen LogP) is 3.24. The van der Waals surface area contributed by atoms with Crippen LogP contribution in [0.4, 0.5) is 0 Å². The molecule has 3 heterocycles. The first-order valence-electron chi connectivity index (χ1n) is 9.79. The van der Waals surface area contributed by atoms with Crippen LogP contribution in [0.15, 0.2) is 11.4 Å². The van der Waals surface area contributed by atoms with Crippen LogP contribution in [0, 0.1) is 5.92 Å². The van der Waals surface area contributed by atoms with Crippen molar-refractivity contribution in [2.45, 2.75) is 58.1 Å². The average molecular weight is 379 g/mol. The fourth-order valence-corrected chi connectivity index (χ4v) is 4.60. The number of carbonyl (C=O) groups is 2. The number of nitrogens with zero attached hydrogens (tertiary/aromatic N) is 1. The molecule has 0 aromatic carbocycles. The maximum absolute atomic E-state index is 12.0. The van der Waals surface area contributed by atoms with Crippen LogP contribution in [0.3, 0.4) is 0 Å². The molecule has 1 aromatic rings. The molecule has 144 valence electrons. The average Bonchev–Trinajstić information content (AvgIpc) is 3.31. The Labute approximate surface area is 160 Å². The van der Waals surface area contributed by atoms with Gasteiger partial charge in [0.1, 0.15) is 0 Å². The number of thiophene rings is 1. The van der Waals surface area contributed by atoms with Gasteiger partial charge in [-0.2, -0.15) is 0 Å². The zero-order valence-electron chi connectivity index (χ0n) is 15.7. The molecule has 0 aliphatic carbocycles. The fourth-order valence-electron chi connectivity index (χ4n) is 3.79. The molecule has 26 heavy (non-hydrogen) atoms. The highest BCUT2D eigenvalue weighted by Crippen LogP contribution is 2.24. The highest BCUT2D eigenvalue weighted by atomic mass is 32.1. The Morgan fingerprint density at radius 3 is 2.77 bits per heavy atom. The number of carbonyl (C=O) groups excluding carboxylic acids is 2. The molecule has 2 saturated heterocycles. The topological polar surface area (TPSA) is 58.6 Å². The first-order valence-corrected chi connectivity index (χ1v) is 10.7. The molecule has 0 saturated carbocycles. The van der Waals surface area contributed by atoms with Crippen molar-refractivity contribution in [3.8, 4) is 0 Å². The van der Waals surface area contributed by atoms with E-state index in [-0.39, 0.29) is 17.8 Å². The van der Waals surface area contributed by atoms with Crippen molar-refractivity contribution in [1.29, 1.82) is 0 Å². The van der Waals surface area contributed by atoms with E-state index in [0.717, 1.165) is 63.2 Å². The molecule has 1 N–H and O–H groups in total. The van der Waals surface area contributed by atoms with Crippen LogP contribution in [0.2, 0.25) is 0 Å². The van der Waals surface area contributed by atoms with Gasteiger partial charge in [-0.1, -0.05) is 0 Å². The summed E-state index contributed by atoms with van der Waals surface area (Å²) in [6, 6.07) is 2.03. The smallest absolute Gasteiger partial charge is 0.220 e. The lowest BCUT2D eigenvalue weighted by Crippen LogP contribution is -2.34. The number of ketones is 1. The highest BCUT2D eigenvalue weighted by Gasteiger charge is 2.21. The number of hydrogen-bond donors (Lipinski definition) is 1. The van der Waals surface area contributed by atoms with Crippen molar-refractivity contribution in [1.82, 2.24) is 10.2 Å². The van der Waals surface area contributed by atoms with E-state index in [1.54, 1.807) is 18.3 Å². The predicted molar refractivity (Wildman–Crippen MR) is 104 cm³/mol. The number of ether oxygens (including phenoxy) is 1. The number of likely N-dealkylation sites (tertiary alicyclic amines) is 1. The van der Waals surface area contributed by atoms with E-state index >= 15 is 0 Å². The molecule has 2 aliphatic heterocycles. The standard InChI is InChI=1S/C20H30N2O3S/c1-15(23)19-11-17(14-26-19)13-22-8-6-16(7-9-22)4-5-20(24)21-12-18-3-2-10-25-18/h11,14,16,18H,2-10,12-13H2,1H3,(H,21,24). The number of amides is 1. The van der Waals surface area contributed by atoms with Crippen LogP contribution in [0.5, 0.6) is 0 Å². The lowest BCUT2D eigenvalue weighted by atomic mass is 9.92. The highest BCUT2D eigenvalue weighted by molar-refractivity contribution is 7.12. The van der Waals surface area contributed by atoms with Gasteiger partial charge in [-0.05, 0) is 75.0 Å². The van der Waals surface area contributed by atoms with Gasteiger partial charge in [-0.3, -0.25) is 14.5 Å². The van der Waals surface area contributed by atoms with Gasteiger partial charge in [0.2, 0.25) is 5.91 Å². The van der Waals surface area contributed by atoms with E-state index in [0.29, 0.717) is 18.9 Å². The van der Waals surface area contributed by atoms with Gasteiger partial charge >= 0.3 is 0 Å². The minimum absolute atomic E-state index is 0.151. The number of hydrogen-bond acceptors (Lipinski definition) is 5. The zero-order valence-corrected chi connectivity index (χ0v) is 16.5. The van der Waals surface area contributed by atoms with Gasteiger partial charge in [-0.25, -0.2) is 0 Å². The molecule has 2 aliphatic rings. The summed E-state index contributed by atoms with van der Waals surface area (Å²) < 4.78 is 5.53. The Kier molecular flexibility index (Phi) is 7.23. The van der Waals surface area contributed by atoms with Crippen molar-refractivity contribution in [3.63, 3.8) is 0 Å². The Morgan fingerprint density at radius 2 is 2.12 bits per heavy atom. The summed E-state index contributed by atoms with van der Waals surface area (Å²) >= 11 is 1.54. The number of piperidine rings is 1. The molecule has 2 fully saturated rings. The van der Waals surface area contributed by atoms with Gasteiger partial charge in [0.05, 0.1) is 11.0 Å². The van der Waals surface area contributed by atoms with Crippen molar-refractivity contribution < 1.29 is 14.3 Å². The quantitative estimate of drug-likeness (QED) is 0.706. The van der Waals surface area contributed by atoms with Crippen molar-refractivity contribution in [2.24, 2.45) is 5.92 Å². The molecule has 3 rings (SSSR count). The summed E-state index contributed by atoms with van der Waals surface area (Å²) in [7, 11) is 0. The van der Waals surface area contributed by atoms with Crippen LogP contribution in [-0.4, -0.2) is 48.9 Å². The lowest BCUT2D eigenvalue weighted by Gasteiger charge is -2.31. The SMILES string of the molecule is CC(=O)c1cc(CN2CCC(CCC(=O)NCC3CCCO3)CC2)cs1. The normalized spacial score (nSPS) is 21.8. The van der Waals surface area contributed by atoms with Crippen LogP contribution in [0.1, 0.15) is 60.7 Å². The first-order chi connectivity index (χ1) is 12.6. The summed E-state index contributed by atoms with van der Waals surface area (Å²) in [6.07, 6.45) is 6.33.